The molecule has 1 saturated heterocycles. The summed E-state index contributed by atoms with van der Waals surface area (Å²) < 4.78 is 40.4. The SMILES string of the molecule is CC(=O)OC[C@H]1O[C@@H](c2ccc(C)c(Cc3ccc(OCC4Cc5ccccc5O4)cc3)c2)[C@H](OC(C)=O)[C@@H](OC(C)=O)[C@@H]1OC(C)=O. The van der Waals surface area contributed by atoms with Crippen LogP contribution < -0.4 is 9.47 Å². The smallest absolute Gasteiger partial charge is 0.303 e. The van der Waals surface area contributed by atoms with E-state index in [1.807, 2.05) is 67.6 Å². The van der Waals surface area contributed by atoms with Gasteiger partial charge in [-0.05, 0) is 59.4 Å². The molecule has 5 rings (SSSR count). The lowest BCUT2D eigenvalue weighted by Gasteiger charge is -2.44. The summed E-state index contributed by atoms with van der Waals surface area (Å²) in [6.45, 7) is 6.98. The highest BCUT2D eigenvalue weighted by atomic mass is 16.7. The summed E-state index contributed by atoms with van der Waals surface area (Å²) >= 11 is 0. The van der Waals surface area contributed by atoms with Crippen LogP contribution in [-0.2, 0) is 55.7 Å². The quantitative estimate of drug-likeness (QED) is 0.208. The van der Waals surface area contributed by atoms with Crippen molar-refractivity contribution in [1.82, 2.24) is 0 Å². The second kappa shape index (κ2) is 15.3. The number of hydrogen-bond acceptors (Lipinski definition) is 11. The molecule has 3 aromatic rings. The molecule has 0 N–H and O–H groups in total. The van der Waals surface area contributed by atoms with Gasteiger partial charge in [-0.15, -0.1) is 0 Å². The van der Waals surface area contributed by atoms with E-state index in [1.165, 1.54) is 33.3 Å². The van der Waals surface area contributed by atoms with Gasteiger partial charge >= 0.3 is 23.9 Å². The molecule has 0 radical (unpaired) electrons. The molecule has 3 aromatic carbocycles. The summed E-state index contributed by atoms with van der Waals surface area (Å²) in [4.78, 5) is 48.3. The average Bonchev–Trinajstić information content (AvgIpc) is 3.45. The van der Waals surface area contributed by atoms with E-state index in [1.54, 1.807) is 0 Å². The van der Waals surface area contributed by atoms with Crippen molar-refractivity contribution in [2.75, 3.05) is 13.2 Å². The van der Waals surface area contributed by atoms with Crippen molar-refractivity contribution in [2.45, 2.75) is 84.1 Å². The molecule has 0 bridgehead atoms. The van der Waals surface area contributed by atoms with Crippen LogP contribution in [0.25, 0.3) is 0 Å². The van der Waals surface area contributed by atoms with E-state index in [-0.39, 0.29) is 12.7 Å². The maximum atomic E-state index is 12.3. The van der Waals surface area contributed by atoms with Gasteiger partial charge in [-0.1, -0.05) is 48.5 Å². The van der Waals surface area contributed by atoms with E-state index in [4.69, 9.17) is 33.2 Å². The number of carbonyl (C=O) groups excluding carboxylic acids is 4. The summed E-state index contributed by atoms with van der Waals surface area (Å²) in [6, 6.07) is 21.6. The fourth-order valence-electron chi connectivity index (χ4n) is 6.01. The van der Waals surface area contributed by atoms with Crippen LogP contribution in [0.5, 0.6) is 11.5 Å². The first-order valence-corrected chi connectivity index (χ1v) is 15.8. The number of rotatable bonds is 11. The first kappa shape index (κ1) is 34.4. The lowest BCUT2D eigenvalue weighted by Crippen LogP contribution is -2.59. The molecule has 11 heteroatoms. The molecule has 0 saturated carbocycles. The van der Waals surface area contributed by atoms with Crippen LogP contribution in [0.3, 0.4) is 0 Å². The van der Waals surface area contributed by atoms with Gasteiger partial charge in [0.15, 0.2) is 18.3 Å². The summed E-state index contributed by atoms with van der Waals surface area (Å²) in [5.41, 5.74) is 4.84. The lowest BCUT2D eigenvalue weighted by molar-refractivity contribution is -0.254. The van der Waals surface area contributed by atoms with Crippen LogP contribution in [-0.4, -0.2) is 67.6 Å². The van der Waals surface area contributed by atoms with E-state index in [0.29, 0.717) is 18.6 Å². The third-order valence-corrected chi connectivity index (χ3v) is 8.16. The number of para-hydroxylation sites is 1. The van der Waals surface area contributed by atoms with Gasteiger partial charge in [0.25, 0.3) is 0 Å². The normalized spacial score (nSPS) is 22.9. The van der Waals surface area contributed by atoms with Crippen LogP contribution in [0.15, 0.2) is 66.7 Å². The molecule has 2 heterocycles. The minimum Gasteiger partial charge on any atom is -0.490 e. The Kier molecular flexibility index (Phi) is 11.0. The predicted molar refractivity (Wildman–Crippen MR) is 171 cm³/mol. The van der Waals surface area contributed by atoms with Crippen molar-refractivity contribution >= 4 is 23.9 Å². The molecule has 1 unspecified atom stereocenters. The number of carbonyl (C=O) groups is 4. The van der Waals surface area contributed by atoms with Crippen molar-refractivity contribution < 1.29 is 52.3 Å². The largest absolute Gasteiger partial charge is 0.490 e. The molecule has 2 aliphatic heterocycles. The van der Waals surface area contributed by atoms with Gasteiger partial charge in [-0.2, -0.15) is 0 Å². The van der Waals surface area contributed by atoms with Gasteiger partial charge in [0, 0.05) is 34.1 Å². The summed E-state index contributed by atoms with van der Waals surface area (Å²) in [7, 11) is 0. The Balaban J connectivity index is 1.35. The number of aryl methyl sites for hydroxylation is 1. The van der Waals surface area contributed by atoms with Crippen molar-refractivity contribution in [3.63, 3.8) is 0 Å². The Bertz CT molecular complexity index is 1610. The van der Waals surface area contributed by atoms with Crippen molar-refractivity contribution in [2.24, 2.45) is 0 Å². The Morgan fingerprint density at radius 3 is 2.08 bits per heavy atom. The Morgan fingerprint density at radius 1 is 0.750 bits per heavy atom. The van der Waals surface area contributed by atoms with Gasteiger partial charge in [0.1, 0.15) is 43.0 Å². The van der Waals surface area contributed by atoms with Crippen molar-refractivity contribution in [3.05, 3.63) is 94.5 Å². The fraction of sp³-hybridized carbons (Fsp3) is 0.405. The summed E-state index contributed by atoms with van der Waals surface area (Å²) in [5.74, 6) is -0.942. The summed E-state index contributed by atoms with van der Waals surface area (Å²) in [6.07, 6.45) is -4.26. The zero-order valence-corrected chi connectivity index (χ0v) is 27.6. The second-order valence-electron chi connectivity index (χ2n) is 12.0. The Labute approximate surface area is 279 Å². The maximum Gasteiger partial charge on any atom is 0.303 e. The predicted octanol–water partition coefficient (Wildman–Crippen LogP) is 4.77. The Morgan fingerprint density at radius 2 is 1.42 bits per heavy atom. The minimum atomic E-state index is -1.24. The first-order valence-electron chi connectivity index (χ1n) is 15.8. The zero-order valence-electron chi connectivity index (χ0n) is 27.6. The first-order chi connectivity index (χ1) is 23.0. The monoisotopic (exact) mass is 660 g/mol. The molecule has 6 atom stereocenters. The second-order valence-corrected chi connectivity index (χ2v) is 12.0. The van der Waals surface area contributed by atoms with E-state index in [2.05, 4.69) is 6.07 Å². The molecule has 0 aliphatic carbocycles. The van der Waals surface area contributed by atoms with Crippen LogP contribution in [0.2, 0.25) is 0 Å². The third kappa shape index (κ3) is 8.71. The highest BCUT2D eigenvalue weighted by Gasteiger charge is 2.52. The molecule has 1 fully saturated rings. The number of ether oxygens (including phenoxy) is 7. The van der Waals surface area contributed by atoms with Crippen LogP contribution >= 0.6 is 0 Å². The summed E-state index contributed by atoms with van der Waals surface area (Å²) in [5, 5.41) is 0. The lowest BCUT2D eigenvalue weighted by atomic mass is 9.88. The minimum absolute atomic E-state index is 0.0383. The number of fused-ring (bicyclic) bond motifs is 1. The van der Waals surface area contributed by atoms with E-state index >= 15 is 0 Å². The standard InChI is InChI=1S/C37H40O11/c1-21-10-13-28(17-29(21)16-26-11-14-30(15-12-26)43-19-31-18-27-8-6-7-9-32(27)47-31)34-36(45-24(4)40)37(46-25(5)41)35(44-23(3)39)33(48-34)20-42-22(2)38/h6-15,17,31,33-37H,16,18-20H2,1-5H3/t31?,33-,34+,35-,36+,37+/m1/s1. The number of esters is 4. The molecule has 0 amide bonds. The molecule has 11 nitrogen and oxygen atoms in total. The molecular formula is C37H40O11. The molecule has 0 spiro atoms. The highest BCUT2D eigenvalue weighted by molar-refractivity contribution is 5.69. The molecule has 48 heavy (non-hydrogen) atoms. The topological polar surface area (TPSA) is 133 Å². The average molecular weight is 661 g/mol. The van der Waals surface area contributed by atoms with Gasteiger partial charge in [0.05, 0.1) is 0 Å². The van der Waals surface area contributed by atoms with Gasteiger partial charge in [-0.3, -0.25) is 19.2 Å². The Hall–Kier alpha value is -4.90. The fourth-order valence-corrected chi connectivity index (χ4v) is 6.01. The molecule has 254 valence electrons. The molecule has 0 aromatic heterocycles. The van der Waals surface area contributed by atoms with Gasteiger partial charge in [-0.25, -0.2) is 0 Å². The molecular weight excluding hydrogens is 620 g/mol. The van der Waals surface area contributed by atoms with E-state index in [0.717, 1.165) is 34.6 Å². The molecule has 2 aliphatic rings. The van der Waals surface area contributed by atoms with E-state index < -0.39 is 54.4 Å². The van der Waals surface area contributed by atoms with Crippen LogP contribution in [0.1, 0.15) is 61.6 Å². The van der Waals surface area contributed by atoms with Gasteiger partial charge in [0.2, 0.25) is 0 Å². The third-order valence-electron chi connectivity index (χ3n) is 8.16. The number of hydrogen-bond donors (Lipinski definition) is 0. The van der Waals surface area contributed by atoms with Gasteiger partial charge < -0.3 is 33.2 Å². The van der Waals surface area contributed by atoms with Crippen molar-refractivity contribution in [3.8, 4) is 11.5 Å². The van der Waals surface area contributed by atoms with E-state index in [9.17, 15) is 19.2 Å². The van der Waals surface area contributed by atoms with Crippen LogP contribution in [0.4, 0.5) is 0 Å². The van der Waals surface area contributed by atoms with Crippen molar-refractivity contribution in [1.29, 1.82) is 0 Å². The highest BCUT2D eigenvalue weighted by Crippen LogP contribution is 2.38. The zero-order chi connectivity index (χ0) is 34.4. The van der Waals surface area contributed by atoms with Crippen LogP contribution in [0, 0.1) is 6.92 Å². The number of benzene rings is 3. The maximum absolute atomic E-state index is 12.3.